The number of nitrogens with one attached hydrogen (secondary N) is 1. The van der Waals surface area contributed by atoms with E-state index >= 15 is 0 Å². The molecule has 186 valence electrons. The molecule has 1 fully saturated rings. The molecule has 1 aromatic carbocycles. The third kappa shape index (κ3) is 6.02. The number of aliphatic hydroxyl groups excluding tert-OH is 3. The van der Waals surface area contributed by atoms with E-state index in [-0.39, 0.29) is 34.8 Å². The van der Waals surface area contributed by atoms with Gasteiger partial charge in [0.05, 0.1) is 28.1 Å². The van der Waals surface area contributed by atoms with Gasteiger partial charge in [-0.3, -0.25) is 14.2 Å². The summed E-state index contributed by atoms with van der Waals surface area (Å²) in [4.78, 5) is 42.4. The first-order chi connectivity index (χ1) is 16.0. The molecule has 0 aliphatic carbocycles. The number of aromatic nitrogens is 2. The van der Waals surface area contributed by atoms with Gasteiger partial charge in [-0.2, -0.15) is 4.98 Å². The standard InChI is InChI=1S/C22H27BrClN3O7/c1-10(28)18(7-12(30)6-17-19(31)4-3-5-25-17)27-20(32)13-8-15(24)14(23)9-16(13)26-22(27)34-21(33)11(2)29/h8-9,11-12,17-19,25,29-31H,3-7H2,1-2H3. The van der Waals surface area contributed by atoms with E-state index < -0.39 is 47.7 Å². The summed E-state index contributed by atoms with van der Waals surface area (Å²) < 4.78 is 6.53. The first-order valence-corrected chi connectivity index (χ1v) is 12.1. The summed E-state index contributed by atoms with van der Waals surface area (Å²) in [5, 5.41) is 34.0. The summed E-state index contributed by atoms with van der Waals surface area (Å²) in [6.07, 6.45) is -1.80. The Morgan fingerprint density at radius 2 is 2.09 bits per heavy atom. The Balaban J connectivity index is 2.05. The summed E-state index contributed by atoms with van der Waals surface area (Å²) in [6.45, 7) is 3.14. The smallest absolute Gasteiger partial charge is 0.342 e. The second-order valence-corrected chi connectivity index (χ2v) is 9.73. The predicted molar refractivity (Wildman–Crippen MR) is 128 cm³/mol. The lowest BCUT2D eigenvalue weighted by Gasteiger charge is -2.31. The third-order valence-corrected chi connectivity index (χ3v) is 6.99. The highest BCUT2D eigenvalue weighted by Gasteiger charge is 2.31. The number of ether oxygens (including phenoxy) is 1. The molecule has 4 N–H and O–H groups in total. The van der Waals surface area contributed by atoms with E-state index in [4.69, 9.17) is 16.3 Å². The van der Waals surface area contributed by atoms with E-state index in [2.05, 4.69) is 26.2 Å². The number of fused-ring (bicyclic) bond motifs is 1. The van der Waals surface area contributed by atoms with Crippen molar-refractivity contribution in [2.75, 3.05) is 6.54 Å². The van der Waals surface area contributed by atoms with Crippen LogP contribution >= 0.6 is 27.5 Å². The van der Waals surface area contributed by atoms with Crippen LogP contribution in [0.25, 0.3) is 10.9 Å². The quantitative estimate of drug-likeness (QED) is 0.352. The summed E-state index contributed by atoms with van der Waals surface area (Å²) in [7, 11) is 0. The highest BCUT2D eigenvalue weighted by molar-refractivity contribution is 9.10. The van der Waals surface area contributed by atoms with E-state index in [1.807, 2.05) is 0 Å². The number of carbonyl (C=O) groups is 2. The van der Waals surface area contributed by atoms with E-state index in [9.17, 15) is 29.7 Å². The SMILES string of the molecule is CC(=O)C(CC(O)CC1NCCCC1O)n1c(OC(=O)C(C)O)nc2cc(Br)c(Cl)cc2c1=O. The van der Waals surface area contributed by atoms with Crippen molar-refractivity contribution < 1.29 is 29.6 Å². The average Bonchev–Trinajstić information content (AvgIpc) is 2.76. The first-order valence-electron chi connectivity index (χ1n) is 10.9. The van der Waals surface area contributed by atoms with Crippen molar-refractivity contribution in [2.24, 2.45) is 0 Å². The van der Waals surface area contributed by atoms with Crippen LogP contribution in [-0.2, 0) is 9.59 Å². The number of carbonyl (C=O) groups excluding carboxylic acids is 2. The number of hydrogen-bond acceptors (Lipinski definition) is 9. The van der Waals surface area contributed by atoms with Gasteiger partial charge in [0, 0.05) is 16.9 Å². The van der Waals surface area contributed by atoms with Crippen LogP contribution in [0.3, 0.4) is 0 Å². The maximum atomic E-state index is 13.4. The monoisotopic (exact) mass is 559 g/mol. The van der Waals surface area contributed by atoms with Crippen molar-refractivity contribution in [3.63, 3.8) is 0 Å². The van der Waals surface area contributed by atoms with Crippen molar-refractivity contribution >= 4 is 50.2 Å². The van der Waals surface area contributed by atoms with Crippen molar-refractivity contribution in [1.29, 1.82) is 0 Å². The highest BCUT2D eigenvalue weighted by Crippen LogP contribution is 2.29. The molecule has 1 aliphatic rings. The molecule has 12 heteroatoms. The highest BCUT2D eigenvalue weighted by atomic mass is 79.9. The second-order valence-electron chi connectivity index (χ2n) is 8.47. The molecule has 0 bridgehead atoms. The minimum Gasteiger partial charge on any atom is -0.393 e. The molecule has 1 saturated heterocycles. The Labute approximate surface area is 209 Å². The first kappa shape index (κ1) is 26.7. The number of aliphatic hydroxyl groups is 3. The van der Waals surface area contributed by atoms with Crippen molar-refractivity contribution in [3.05, 3.63) is 32.0 Å². The maximum Gasteiger partial charge on any atom is 0.342 e. The molecule has 1 aromatic heterocycles. The van der Waals surface area contributed by atoms with Gasteiger partial charge in [0.1, 0.15) is 12.1 Å². The van der Waals surface area contributed by atoms with Crippen LogP contribution in [0, 0.1) is 0 Å². The number of Topliss-reactive ketones (excluding diaryl/α,β-unsaturated/α-hetero) is 1. The molecule has 1 aliphatic heterocycles. The number of halogens is 2. The van der Waals surface area contributed by atoms with Crippen LogP contribution in [0.1, 0.15) is 45.6 Å². The topological polar surface area (TPSA) is 151 Å². The zero-order valence-corrected chi connectivity index (χ0v) is 21.0. The third-order valence-electron chi connectivity index (χ3n) is 5.79. The van der Waals surface area contributed by atoms with Crippen LogP contribution in [0.2, 0.25) is 5.02 Å². The van der Waals surface area contributed by atoms with E-state index in [1.165, 1.54) is 26.0 Å². The Bertz CT molecular complexity index is 1140. The number of ketones is 1. The second kappa shape index (κ2) is 11.2. The summed E-state index contributed by atoms with van der Waals surface area (Å²) in [6, 6.07) is 0.784. The largest absolute Gasteiger partial charge is 0.393 e. The molecule has 0 spiro atoms. The van der Waals surface area contributed by atoms with Crippen LogP contribution in [-0.4, -0.2) is 67.5 Å². The van der Waals surface area contributed by atoms with Gasteiger partial charge in [-0.25, -0.2) is 4.79 Å². The van der Waals surface area contributed by atoms with Crippen LogP contribution in [0.5, 0.6) is 6.01 Å². The fourth-order valence-corrected chi connectivity index (χ4v) is 4.47. The van der Waals surface area contributed by atoms with Gasteiger partial charge in [0.25, 0.3) is 5.56 Å². The van der Waals surface area contributed by atoms with Crippen LogP contribution in [0.15, 0.2) is 21.4 Å². The molecule has 2 heterocycles. The Kier molecular flexibility index (Phi) is 8.82. The summed E-state index contributed by atoms with van der Waals surface area (Å²) in [5.41, 5.74) is -0.542. The average molecular weight is 561 g/mol. The fraction of sp³-hybridized carbons (Fsp3) is 0.545. The molecule has 5 unspecified atom stereocenters. The van der Waals surface area contributed by atoms with Gasteiger partial charge in [-0.15, -0.1) is 0 Å². The number of hydrogen-bond donors (Lipinski definition) is 4. The minimum atomic E-state index is -1.50. The number of piperidine rings is 1. The molecular formula is C22H27BrClN3O7. The Morgan fingerprint density at radius 1 is 1.38 bits per heavy atom. The molecule has 2 aromatic rings. The van der Waals surface area contributed by atoms with Gasteiger partial charge < -0.3 is 25.4 Å². The van der Waals surface area contributed by atoms with E-state index in [1.54, 1.807) is 0 Å². The molecule has 34 heavy (non-hydrogen) atoms. The molecule has 0 amide bonds. The molecule has 0 radical (unpaired) electrons. The van der Waals surface area contributed by atoms with E-state index in [0.29, 0.717) is 17.4 Å². The number of esters is 1. The number of nitrogens with zero attached hydrogens (tertiary/aromatic N) is 2. The van der Waals surface area contributed by atoms with E-state index in [0.717, 1.165) is 11.0 Å². The lowest BCUT2D eigenvalue weighted by Crippen LogP contribution is -2.47. The lowest BCUT2D eigenvalue weighted by atomic mass is 9.93. The Hall–Kier alpha value is -1.89. The zero-order valence-electron chi connectivity index (χ0n) is 18.7. The van der Waals surface area contributed by atoms with Crippen LogP contribution in [0.4, 0.5) is 0 Å². The van der Waals surface area contributed by atoms with Gasteiger partial charge in [0.15, 0.2) is 5.78 Å². The fourth-order valence-electron chi connectivity index (χ4n) is 3.97. The normalized spacial score (nSPS) is 21.1. The maximum absolute atomic E-state index is 13.4. The molecule has 3 rings (SSSR count). The molecule has 0 saturated carbocycles. The summed E-state index contributed by atoms with van der Waals surface area (Å²) >= 11 is 9.40. The van der Waals surface area contributed by atoms with Crippen molar-refractivity contribution in [2.45, 2.75) is 69.9 Å². The van der Waals surface area contributed by atoms with Crippen LogP contribution < -0.4 is 15.6 Å². The molecular weight excluding hydrogens is 534 g/mol. The number of benzene rings is 1. The molecule has 5 atom stereocenters. The lowest BCUT2D eigenvalue weighted by molar-refractivity contribution is -0.143. The number of rotatable bonds is 8. The minimum absolute atomic E-state index is 0.0788. The van der Waals surface area contributed by atoms with Gasteiger partial charge in [-0.1, -0.05) is 11.6 Å². The Morgan fingerprint density at radius 3 is 2.71 bits per heavy atom. The van der Waals surface area contributed by atoms with Crippen molar-refractivity contribution in [3.8, 4) is 6.01 Å². The molecule has 10 nitrogen and oxygen atoms in total. The van der Waals surface area contributed by atoms with Gasteiger partial charge >= 0.3 is 12.0 Å². The van der Waals surface area contributed by atoms with Crippen molar-refractivity contribution in [1.82, 2.24) is 14.9 Å². The zero-order chi connectivity index (χ0) is 25.2. The van der Waals surface area contributed by atoms with Gasteiger partial charge in [-0.05, 0) is 67.7 Å². The summed E-state index contributed by atoms with van der Waals surface area (Å²) in [5.74, 6) is -1.54. The van der Waals surface area contributed by atoms with Gasteiger partial charge in [0.2, 0.25) is 0 Å². The predicted octanol–water partition coefficient (Wildman–Crippen LogP) is 1.48.